The normalized spacial score (nSPS) is 21.6. The number of nitro benzene ring substituents is 1. The number of carbonyl (C=O) groups is 1. The fraction of sp³-hybridized carbons (Fsp3) is 0.462. The molecule has 7 nitrogen and oxygen atoms in total. The van der Waals surface area contributed by atoms with Crippen molar-refractivity contribution in [3.8, 4) is 0 Å². The summed E-state index contributed by atoms with van der Waals surface area (Å²) in [6.07, 6.45) is 2.66. The molecule has 1 saturated carbocycles. The molecule has 1 fully saturated rings. The van der Waals surface area contributed by atoms with Crippen LogP contribution in [0, 0.1) is 10.1 Å². The van der Waals surface area contributed by atoms with Crippen molar-refractivity contribution in [2.24, 2.45) is 0 Å². The van der Waals surface area contributed by atoms with Gasteiger partial charge in [0.15, 0.2) is 0 Å². The molecule has 0 saturated heterocycles. The van der Waals surface area contributed by atoms with E-state index in [1.165, 1.54) is 18.2 Å². The minimum atomic E-state index is -1.11. The van der Waals surface area contributed by atoms with E-state index in [9.17, 15) is 14.9 Å². The van der Waals surface area contributed by atoms with Crippen LogP contribution >= 0.6 is 0 Å². The summed E-state index contributed by atoms with van der Waals surface area (Å²) in [5, 5.41) is 23.0. The first-order valence-electron chi connectivity index (χ1n) is 6.32. The third-order valence-corrected chi connectivity index (χ3v) is 3.52. The number of nitro groups is 1. The highest BCUT2D eigenvalue weighted by atomic mass is 16.6. The number of hydrogen-bond donors (Lipinski definition) is 2. The van der Waals surface area contributed by atoms with E-state index in [1.54, 1.807) is 7.11 Å². The first kappa shape index (κ1) is 14.3. The quantitative estimate of drug-likeness (QED) is 0.633. The van der Waals surface area contributed by atoms with Gasteiger partial charge in [-0.25, -0.2) is 4.79 Å². The molecule has 108 valence electrons. The monoisotopic (exact) mass is 280 g/mol. The molecule has 1 aromatic rings. The number of rotatable bonds is 5. The summed E-state index contributed by atoms with van der Waals surface area (Å²) in [4.78, 5) is 21.4. The van der Waals surface area contributed by atoms with Gasteiger partial charge in [-0.2, -0.15) is 0 Å². The van der Waals surface area contributed by atoms with E-state index in [4.69, 9.17) is 9.84 Å². The molecular formula is C13H16N2O5. The first-order chi connectivity index (χ1) is 9.51. The fourth-order valence-corrected chi connectivity index (χ4v) is 2.46. The summed E-state index contributed by atoms with van der Waals surface area (Å²) in [5.41, 5.74) is 0.198. The molecule has 2 atom stereocenters. The van der Waals surface area contributed by atoms with Crippen molar-refractivity contribution < 1.29 is 19.6 Å². The van der Waals surface area contributed by atoms with Gasteiger partial charge in [0.25, 0.3) is 5.69 Å². The number of hydrogen-bond acceptors (Lipinski definition) is 5. The van der Waals surface area contributed by atoms with E-state index >= 15 is 0 Å². The van der Waals surface area contributed by atoms with Gasteiger partial charge in [-0.15, -0.1) is 0 Å². The van der Waals surface area contributed by atoms with Crippen LogP contribution in [0.15, 0.2) is 18.2 Å². The number of benzene rings is 1. The van der Waals surface area contributed by atoms with Crippen LogP contribution in [0.5, 0.6) is 0 Å². The molecule has 0 heterocycles. The first-order valence-corrected chi connectivity index (χ1v) is 6.32. The summed E-state index contributed by atoms with van der Waals surface area (Å²) < 4.78 is 5.25. The average Bonchev–Trinajstić information content (AvgIpc) is 2.86. The highest BCUT2D eigenvalue weighted by Crippen LogP contribution is 2.28. The van der Waals surface area contributed by atoms with E-state index in [2.05, 4.69) is 5.32 Å². The van der Waals surface area contributed by atoms with Gasteiger partial charge in [0.1, 0.15) is 0 Å². The van der Waals surface area contributed by atoms with Crippen molar-refractivity contribution >= 4 is 17.3 Å². The average molecular weight is 280 g/mol. The molecule has 0 amide bonds. The Morgan fingerprint density at radius 3 is 2.80 bits per heavy atom. The number of methoxy groups -OCH3 is 1. The minimum Gasteiger partial charge on any atom is -0.478 e. The van der Waals surface area contributed by atoms with Gasteiger partial charge >= 0.3 is 5.97 Å². The second kappa shape index (κ2) is 5.87. The highest BCUT2D eigenvalue weighted by molar-refractivity contribution is 5.94. The van der Waals surface area contributed by atoms with Crippen LogP contribution in [-0.4, -0.2) is 35.3 Å². The van der Waals surface area contributed by atoms with Crippen molar-refractivity contribution in [3.05, 3.63) is 33.9 Å². The molecule has 7 heteroatoms. The van der Waals surface area contributed by atoms with Gasteiger partial charge in [-0.1, -0.05) is 0 Å². The second-order valence-electron chi connectivity index (χ2n) is 4.80. The number of nitrogens with zero attached hydrogens (tertiary/aromatic N) is 1. The molecule has 0 spiro atoms. The van der Waals surface area contributed by atoms with Crippen LogP contribution in [0.25, 0.3) is 0 Å². The molecule has 1 aliphatic carbocycles. The summed E-state index contributed by atoms with van der Waals surface area (Å²) in [6, 6.07) is 3.79. The van der Waals surface area contributed by atoms with E-state index in [-0.39, 0.29) is 29.1 Å². The van der Waals surface area contributed by atoms with Gasteiger partial charge < -0.3 is 15.2 Å². The molecule has 2 unspecified atom stereocenters. The second-order valence-corrected chi connectivity index (χ2v) is 4.80. The van der Waals surface area contributed by atoms with Crippen molar-refractivity contribution in [1.29, 1.82) is 0 Å². The largest absolute Gasteiger partial charge is 0.478 e. The Morgan fingerprint density at radius 1 is 1.50 bits per heavy atom. The van der Waals surface area contributed by atoms with Crippen LogP contribution in [-0.2, 0) is 4.74 Å². The Balaban J connectivity index is 2.22. The van der Waals surface area contributed by atoms with Gasteiger partial charge in [0, 0.05) is 25.3 Å². The zero-order chi connectivity index (χ0) is 14.7. The lowest BCUT2D eigenvalue weighted by Crippen LogP contribution is -2.19. The third kappa shape index (κ3) is 3.05. The van der Waals surface area contributed by atoms with E-state index in [0.29, 0.717) is 0 Å². The third-order valence-electron chi connectivity index (χ3n) is 3.52. The zero-order valence-electron chi connectivity index (χ0n) is 11.0. The molecule has 20 heavy (non-hydrogen) atoms. The molecule has 0 bridgehead atoms. The predicted molar refractivity (Wildman–Crippen MR) is 72.1 cm³/mol. The summed E-state index contributed by atoms with van der Waals surface area (Å²) in [6.45, 7) is 0. The summed E-state index contributed by atoms with van der Waals surface area (Å²) >= 11 is 0. The van der Waals surface area contributed by atoms with Crippen molar-refractivity contribution in [2.75, 3.05) is 12.4 Å². The maximum atomic E-state index is 11.2. The molecule has 1 aliphatic rings. The molecule has 0 aliphatic heterocycles. The number of nitrogens with one attached hydrogen (secondary N) is 1. The van der Waals surface area contributed by atoms with Gasteiger partial charge in [0.05, 0.1) is 22.3 Å². The lowest BCUT2D eigenvalue weighted by atomic mass is 10.1. The Bertz CT molecular complexity index is 531. The van der Waals surface area contributed by atoms with Crippen molar-refractivity contribution in [2.45, 2.75) is 31.4 Å². The maximum Gasteiger partial charge on any atom is 0.337 e. The maximum absolute atomic E-state index is 11.2. The molecule has 1 aromatic carbocycles. The number of anilines is 1. The van der Waals surface area contributed by atoms with Crippen LogP contribution < -0.4 is 5.32 Å². The lowest BCUT2D eigenvalue weighted by molar-refractivity contribution is -0.384. The van der Waals surface area contributed by atoms with Gasteiger partial charge in [-0.3, -0.25) is 10.1 Å². The molecule has 0 aromatic heterocycles. The smallest absolute Gasteiger partial charge is 0.337 e. The molecular weight excluding hydrogens is 264 g/mol. The standard InChI is InChI=1S/C13H16N2O5/c1-20-10-4-2-8(6-10)14-12-7-9(15(18)19)3-5-11(12)13(16)17/h3,5,7-8,10,14H,2,4,6H2,1H3,(H,16,17). The Kier molecular flexibility index (Phi) is 4.19. The van der Waals surface area contributed by atoms with Crippen LogP contribution in [0.2, 0.25) is 0 Å². The number of carboxylic acid groups (broad SMARTS) is 1. The minimum absolute atomic E-state index is 0.0384. The fourth-order valence-electron chi connectivity index (χ4n) is 2.46. The predicted octanol–water partition coefficient (Wildman–Crippen LogP) is 2.27. The van der Waals surface area contributed by atoms with Crippen molar-refractivity contribution in [3.63, 3.8) is 0 Å². The molecule has 0 radical (unpaired) electrons. The van der Waals surface area contributed by atoms with Crippen molar-refractivity contribution in [1.82, 2.24) is 0 Å². The van der Waals surface area contributed by atoms with E-state index in [0.717, 1.165) is 19.3 Å². The number of carboxylic acids is 1. The SMILES string of the molecule is COC1CCC(Nc2cc([N+](=O)[O-])ccc2C(=O)O)C1. The Labute approximate surface area is 115 Å². The Hall–Kier alpha value is -2.15. The van der Waals surface area contributed by atoms with Gasteiger partial charge in [0.2, 0.25) is 0 Å². The number of ether oxygens (including phenoxy) is 1. The van der Waals surface area contributed by atoms with Gasteiger partial charge in [-0.05, 0) is 25.3 Å². The Morgan fingerprint density at radius 2 is 2.25 bits per heavy atom. The van der Waals surface area contributed by atoms with E-state index < -0.39 is 10.9 Å². The van der Waals surface area contributed by atoms with Crippen LogP contribution in [0.4, 0.5) is 11.4 Å². The van der Waals surface area contributed by atoms with E-state index in [1.807, 2.05) is 0 Å². The summed E-state index contributed by atoms with van der Waals surface area (Å²) in [7, 11) is 1.64. The zero-order valence-corrected chi connectivity index (χ0v) is 11.0. The number of aromatic carboxylic acids is 1. The lowest BCUT2D eigenvalue weighted by Gasteiger charge is -2.16. The number of non-ortho nitro benzene ring substituents is 1. The topological polar surface area (TPSA) is 102 Å². The van der Waals surface area contributed by atoms with Crippen LogP contribution in [0.3, 0.4) is 0 Å². The molecule has 2 rings (SSSR count). The summed E-state index contributed by atoms with van der Waals surface area (Å²) in [5.74, 6) is -1.11. The van der Waals surface area contributed by atoms with Crippen LogP contribution in [0.1, 0.15) is 29.6 Å². The highest BCUT2D eigenvalue weighted by Gasteiger charge is 2.26. The molecule has 2 N–H and O–H groups in total.